The number of carboxylic acid groups (broad SMARTS) is 1. The highest BCUT2D eigenvalue weighted by Gasteiger charge is 2.28. The second-order valence-corrected chi connectivity index (χ2v) is 5.15. The molecule has 22 heavy (non-hydrogen) atoms. The van der Waals surface area contributed by atoms with Gasteiger partial charge in [0.1, 0.15) is 12.6 Å². The monoisotopic (exact) mass is 316 g/mol. The molecule has 0 fully saturated rings. The number of nitrogens with zero attached hydrogens (tertiary/aromatic N) is 1. The number of ether oxygens (including phenoxy) is 1. The molecule has 0 aliphatic carbocycles. The maximum Gasteiger partial charge on any atom is 0.326 e. The van der Waals surface area contributed by atoms with Crippen molar-refractivity contribution in [3.05, 3.63) is 0 Å². The highest BCUT2D eigenvalue weighted by Crippen LogP contribution is 2.09. The number of carboxylic acids is 1. The molecule has 0 aromatic rings. The molecule has 0 rings (SSSR count). The van der Waals surface area contributed by atoms with Crippen LogP contribution in [-0.2, 0) is 19.1 Å². The lowest BCUT2D eigenvalue weighted by atomic mass is 10.1. The van der Waals surface area contributed by atoms with E-state index in [2.05, 4.69) is 6.92 Å². The number of carbonyl (C=O) groups excluding carboxylic acids is 2. The second-order valence-electron chi connectivity index (χ2n) is 5.15. The number of likely N-dealkylation sites (N-methyl/N-ethyl adjacent to an activating group) is 1. The molecular formula is C15H28N2O5. The predicted octanol–water partition coefficient (Wildman–Crippen LogP) is 1.15. The SMILES string of the molecule is CCCCCCOCC(=O)N(CC)[C@@H](CCC(N)=O)C(=O)O. The molecule has 128 valence electrons. The van der Waals surface area contributed by atoms with E-state index in [0.717, 1.165) is 25.7 Å². The van der Waals surface area contributed by atoms with Crippen LogP contribution in [0, 0.1) is 0 Å². The Morgan fingerprint density at radius 3 is 2.36 bits per heavy atom. The van der Waals surface area contributed by atoms with Gasteiger partial charge in [-0.3, -0.25) is 9.59 Å². The van der Waals surface area contributed by atoms with E-state index in [1.54, 1.807) is 6.92 Å². The number of amides is 2. The second kappa shape index (κ2) is 12.0. The van der Waals surface area contributed by atoms with Crippen LogP contribution in [0.1, 0.15) is 52.4 Å². The Kier molecular flexibility index (Phi) is 11.1. The third-order valence-electron chi connectivity index (χ3n) is 3.35. The molecule has 0 saturated heterocycles. The summed E-state index contributed by atoms with van der Waals surface area (Å²) in [6, 6.07) is -1.05. The highest BCUT2D eigenvalue weighted by molar-refractivity contribution is 5.85. The maximum absolute atomic E-state index is 12.1. The zero-order valence-electron chi connectivity index (χ0n) is 13.5. The average Bonchev–Trinajstić information content (AvgIpc) is 2.46. The van der Waals surface area contributed by atoms with Gasteiger partial charge in [-0.25, -0.2) is 4.79 Å². The van der Waals surface area contributed by atoms with Gasteiger partial charge in [0.15, 0.2) is 0 Å². The van der Waals surface area contributed by atoms with Gasteiger partial charge in [-0.15, -0.1) is 0 Å². The largest absolute Gasteiger partial charge is 0.480 e. The number of nitrogens with two attached hydrogens (primary N) is 1. The van der Waals surface area contributed by atoms with Crippen molar-refractivity contribution in [1.29, 1.82) is 0 Å². The molecule has 0 spiro atoms. The van der Waals surface area contributed by atoms with Crippen LogP contribution in [0.3, 0.4) is 0 Å². The Morgan fingerprint density at radius 1 is 1.18 bits per heavy atom. The van der Waals surface area contributed by atoms with Gasteiger partial charge >= 0.3 is 5.97 Å². The molecule has 1 atom stereocenters. The first kappa shape index (κ1) is 20.4. The minimum absolute atomic E-state index is 0.0146. The Bertz CT molecular complexity index is 360. The number of primary amides is 1. The van der Waals surface area contributed by atoms with Gasteiger partial charge in [0.25, 0.3) is 0 Å². The van der Waals surface area contributed by atoms with Crippen molar-refractivity contribution in [1.82, 2.24) is 4.90 Å². The van der Waals surface area contributed by atoms with Crippen molar-refractivity contribution in [2.75, 3.05) is 19.8 Å². The quantitative estimate of drug-likeness (QED) is 0.495. The topological polar surface area (TPSA) is 110 Å². The van der Waals surface area contributed by atoms with Gasteiger partial charge in [-0.2, -0.15) is 0 Å². The summed E-state index contributed by atoms with van der Waals surface area (Å²) in [5.74, 6) is -2.10. The highest BCUT2D eigenvalue weighted by atomic mass is 16.5. The lowest BCUT2D eigenvalue weighted by Crippen LogP contribution is -2.47. The van der Waals surface area contributed by atoms with Gasteiger partial charge in [-0.05, 0) is 19.8 Å². The van der Waals surface area contributed by atoms with Crippen LogP contribution in [0.15, 0.2) is 0 Å². The smallest absolute Gasteiger partial charge is 0.326 e. The fraction of sp³-hybridized carbons (Fsp3) is 0.800. The first-order valence-corrected chi connectivity index (χ1v) is 7.82. The minimum atomic E-state index is -1.14. The molecule has 2 amide bonds. The number of hydrogen-bond acceptors (Lipinski definition) is 4. The molecule has 0 radical (unpaired) electrons. The molecule has 7 heteroatoms. The number of hydrogen-bond donors (Lipinski definition) is 2. The Labute approximate surface area is 131 Å². The fourth-order valence-electron chi connectivity index (χ4n) is 2.14. The number of rotatable bonds is 13. The van der Waals surface area contributed by atoms with Crippen LogP contribution in [0.4, 0.5) is 0 Å². The van der Waals surface area contributed by atoms with Crippen molar-refractivity contribution in [3.8, 4) is 0 Å². The number of unbranched alkanes of at least 4 members (excludes halogenated alkanes) is 3. The summed E-state index contributed by atoms with van der Waals surface area (Å²) >= 11 is 0. The molecule has 0 aliphatic rings. The van der Waals surface area contributed by atoms with Crippen molar-refractivity contribution in [2.24, 2.45) is 5.73 Å². The maximum atomic E-state index is 12.1. The van der Waals surface area contributed by atoms with E-state index in [0.29, 0.717) is 6.61 Å². The molecule has 0 aromatic heterocycles. The van der Waals surface area contributed by atoms with Crippen molar-refractivity contribution >= 4 is 17.8 Å². The summed E-state index contributed by atoms with van der Waals surface area (Å²) in [6.07, 6.45) is 4.14. The van der Waals surface area contributed by atoms with Gasteiger partial charge < -0.3 is 20.5 Å². The van der Waals surface area contributed by atoms with Gasteiger partial charge in [0.2, 0.25) is 11.8 Å². The number of carbonyl (C=O) groups is 3. The van der Waals surface area contributed by atoms with Crippen LogP contribution in [-0.4, -0.2) is 53.6 Å². The van der Waals surface area contributed by atoms with E-state index in [1.165, 1.54) is 4.90 Å². The van der Waals surface area contributed by atoms with Crippen molar-refractivity contribution < 1.29 is 24.2 Å². The molecule has 3 N–H and O–H groups in total. The third kappa shape index (κ3) is 8.61. The molecule has 0 saturated carbocycles. The first-order chi connectivity index (χ1) is 10.4. The lowest BCUT2D eigenvalue weighted by Gasteiger charge is -2.27. The standard InChI is InChI=1S/C15H28N2O5/c1-3-5-6-7-10-22-11-14(19)17(4-2)12(15(20)21)8-9-13(16)18/h12H,3-11H2,1-2H3,(H2,16,18)(H,20,21)/t12-/m0/s1. The summed E-state index contributed by atoms with van der Waals surface area (Å²) in [5, 5.41) is 9.22. The summed E-state index contributed by atoms with van der Waals surface area (Å²) in [6.45, 7) is 4.40. The number of aliphatic carboxylic acids is 1. The molecular weight excluding hydrogens is 288 g/mol. The van der Waals surface area contributed by atoms with Crippen molar-refractivity contribution in [2.45, 2.75) is 58.4 Å². The van der Waals surface area contributed by atoms with Gasteiger partial charge in [-0.1, -0.05) is 26.2 Å². The first-order valence-electron chi connectivity index (χ1n) is 7.82. The molecule has 0 unspecified atom stereocenters. The lowest BCUT2D eigenvalue weighted by molar-refractivity contribution is -0.152. The predicted molar refractivity (Wildman–Crippen MR) is 82.2 cm³/mol. The molecule has 0 aromatic carbocycles. The Hall–Kier alpha value is -1.63. The summed E-state index contributed by atoms with van der Waals surface area (Å²) in [7, 11) is 0. The van der Waals surface area contributed by atoms with Crippen LogP contribution < -0.4 is 5.73 Å². The van der Waals surface area contributed by atoms with Gasteiger partial charge in [0, 0.05) is 19.6 Å². The molecule has 7 nitrogen and oxygen atoms in total. The molecule has 0 heterocycles. The minimum Gasteiger partial charge on any atom is -0.480 e. The Morgan fingerprint density at radius 2 is 1.86 bits per heavy atom. The van der Waals surface area contributed by atoms with E-state index in [4.69, 9.17) is 10.5 Å². The van der Waals surface area contributed by atoms with Crippen molar-refractivity contribution in [3.63, 3.8) is 0 Å². The normalized spacial score (nSPS) is 11.9. The van der Waals surface area contributed by atoms with E-state index in [-0.39, 0.29) is 31.9 Å². The van der Waals surface area contributed by atoms with Crippen LogP contribution >= 0.6 is 0 Å². The third-order valence-corrected chi connectivity index (χ3v) is 3.35. The average molecular weight is 316 g/mol. The fourth-order valence-corrected chi connectivity index (χ4v) is 2.14. The molecule has 0 aliphatic heterocycles. The Balaban J connectivity index is 4.34. The zero-order valence-corrected chi connectivity index (χ0v) is 13.5. The summed E-state index contributed by atoms with van der Waals surface area (Å²) in [5.41, 5.74) is 5.04. The van der Waals surface area contributed by atoms with Gasteiger partial charge in [0.05, 0.1) is 0 Å². The summed E-state index contributed by atoms with van der Waals surface area (Å²) in [4.78, 5) is 35.4. The van der Waals surface area contributed by atoms with E-state index >= 15 is 0 Å². The van der Waals surface area contributed by atoms with Crippen LogP contribution in [0.25, 0.3) is 0 Å². The zero-order chi connectivity index (χ0) is 17.0. The molecule has 0 bridgehead atoms. The van der Waals surface area contributed by atoms with Crippen LogP contribution in [0.2, 0.25) is 0 Å². The summed E-state index contributed by atoms with van der Waals surface area (Å²) < 4.78 is 5.30. The van der Waals surface area contributed by atoms with E-state index in [1.807, 2.05) is 0 Å². The van der Waals surface area contributed by atoms with E-state index < -0.39 is 17.9 Å². The van der Waals surface area contributed by atoms with E-state index in [9.17, 15) is 19.5 Å². The van der Waals surface area contributed by atoms with Crippen LogP contribution in [0.5, 0.6) is 0 Å².